The van der Waals surface area contributed by atoms with Gasteiger partial charge in [-0.05, 0) is 18.2 Å². The number of hydrogen-bond acceptors (Lipinski definition) is 5. The van der Waals surface area contributed by atoms with Crippen LogP contribution in [-0.2, 0) is 9.47 Å². The van der Waals surface area contributed by atoms with Crippen molar-refractivity contribution in [2.24, 2.45) is 0 Å². The highest BCUT2D eigenvalue weighted by Gasteiger charge is 2.03. The van der Waals surface area contributed by atoms with Crippen molar-refractivity contribution in [3.8, 4) is 6.01 Å². The lowest BCUT2D eigenvalue weighted by Gasteiger charge is -2.03. The molecule has 6 heteroatoms. The fraction of sp³-hybridized carbons (Fsp3) is 0.462. The van der Waals surface area contributed by atoms with Gasteiger partial charge in [0.2, 0.25) is 0 Å². The highest BCUT2D eigenvalue weighted by Crippen LogP contribution is 2.18. The average molecular weight is 265 g/mol. The van der Waals surface area contributed by atoms with Crippen molar-refractivity contribution in [1.29, 1.82) is 0 Å². The van der Waals surface area contributed by atoms with E-state index in [0.717, 1.165) is 17.5 Å². The lowest BCUT2D eigenvalue weighted by molar-refractivity contribution is 0.0640. The molecule has 0 bridgehead atoms. The molecule has 1 aromatic heterocycles. The maximum Gasteiger partial charge on any atom is 0.294 e. The number of benzene rings is 1. The highest BCUT2D eigenvalue weighted by atomic mass is 16.5. The summed E-state index contributed by atoms with van der Waals surface area (Å²) < 4.78 is 15.7. The van der Waals surface area contributed by atoms with Crippen molar-refractivity contribution in [3.05, 3.63) is 18.2 Å². The molecule has 104 valence electrons. The van der Waals surface area contributed by atoms with E-state index in [-0.39, 0.29) is 0 Å². The maximum absolute atomic E-state index is 5.70. The molecule has 3 N–H and O–H groups in total. The molecule has 0 saturated carbocycles. The van der Waals surface area contributed by atoms with Gasteiger partial charge in [-0.1, -0.05) is 0 Å². The molecule has 0 unspecified atom stereocenters. The number of aromatic amines is 1. The number of aromatic nitrogens is 2. The molecule has 0 atom stereocenters. The minimum atomic E-state index is 0.512. The lowest BCUT2D eigenvalue weighted by Crippen LogP contribution is -2.07. The Balaban J connectivity index is 1.72. The zero-order chi connectivity index (χ0) is 13.5. The fourth-order valence-corrected chi connectivity index (χ4v) is 1.65. The molecule has 0 aliphatic heterocycles. The second-order valence-corrected chi connectivity index (χ2v) is 4.13. The summed E-state index contributed by atoms with van der Waals surface area (Å²) in [4.78, 5) is 7.38. The van der Waals surface area contributed by atoms with Crippen LogP contribution in [0.25, 0.3) is 11.0 Å². The number of rotatable bonds is 8. The Bertz CT molecular complexity index is 513. The van der Waals surface area contributed by atoms with Crippen LogP contribution in [-0.4, -0.2) is 43.5 Å². The molecule has 1 aromatic carbocycles. The minimum Gasteiger partial charge on any atom is -0.465 e. The number of anilines is 1. The number of nitrogen functional groups attached to an aromatic ring is 1. The number of H-pyrrole nitrogens is 1. The van der Waals surface area contributed by atoms with Gasteiger partial charge in [0.1, 0.15) is 0 Å². The van der Waals surface area contributed by atoms with Crippen LogP contribution in [0, 0.1) is 0 Å². The Hall–Kier alpha value is -1.79. The topological polar surface area (TPSA) is 82.4 Å². The first-order chi connectivity index (χ1) is 9.29. The van der Waals surface area contributed by atoms with Crippen LogP contribution in [0.2, 0.25) is 0 Å². The molecule has 2 rings (SSSR count). The van der Waals surface area contributed by atoms with E-state index in [1.54, 1.807) is 7.11 Å². The van der Waals surface area contributed by atoms with Gasteiger partial charge in [0.25, 0.3) is 6.01 Å². The Kier molecular flexibility index (Phi) is 5.00. The molecule has 19 heavy (non-hydrogen) atoms. The maximum atomic E-state index is 5.70. The van der Waals surface area contributed by atoms with Crippen molar-refractivity contribution in [2.75, 3.05) is 39.3 Å². The van der Waals surface area contributed by atoms with Crippen LogP contribution in [0.15, 0.2) is 18.2 Å². The molecule has 2 aromatic rings. The number of imidazole rings is 1. The molecular formula is C13H19N3O3. The van der Waals surface area contributed by atoms with Crippen molar-refractivity contribution in [1.82, 2.24) is 9.97 Å². The van der Waals surface area contributed by atoms with Gasteiger partial charge in [0, 0.05) is 25.8 Å². The predicted molar refractivity (Wildman–Crippen MR) is 73.3 cm³/mol. The van der Waals surface area contributed by atoms with E-state index >= 15 is 0 Å². The number of ether oxygens (including phenoxy) is 3. The number of nitrogens with zero attached hydrogens (tertiary/aromatic N) is 1. The normalized spacial score (nSPS) is 11.0. The molecule has 0 radical (unpaired) electrons. The van der Waals surface area contributed by atoms with Crippen molar-refractivity contribution in [3.63, 3.8) is 0 Å². The molecule has 0 amide bonds. The van der Waals surface area contributed by atoms with E-state index in [9.17, 15) is 0 Å². The molecule has 0 saturated heterocycles. The van der Waals surface area contributed by atoms with Crippen molar-refractivity contribution in [2.45, 2.75) is 6.42 Å². The van der Waals surface area contributed by atoms with Gasteiger partial charge in [0.05, 0.1) is 30.9 Å². The first-order valence-corrected chi connectivity index (χ1v) is 6.24. The first kappa shape index (κ1) is 13.6. The Morgan fingerprint density at radius 2 is 2.11 bits per heavy atom. The first-order valence-electron chi connectivity index (χ1n) is 6.24. The summed E-state index contributed by atoms with van der Waals surface area (Å²) in [6, 6.07) is 6.03. The summed E-state index contributed by atoms with van der Waals surface area (Å²) in [5.41, 5.74) is 8.13. The van der Waals surface area contributed by atoms with Crippen LogP contribution in [0.5, 0.6) is 6.01 Å². The monoisotopic (exact) mass is 265 g/mol. The van der Waals surface area contributed by atoms with E-state index in [2.05, 4.69) is 9.97 Å². The minimum absolute atomic E-state index is 0.512. The summed E-state index contributed by atoms with van der Waals surface area (Å²) >= 11 is 0. The molecular weight excluding hydrogens is 246 g/mol. The second-order valence-electron chi connectivity index (χ2n) is 4.13. The van der Waals surface area contributed by atoms with Crippen LogP contribution in [0.3, 0.4) is 0 Å². The largest absolute Gasteiger partial charge is 0.465 e. The predicted octanol–water partition coefficient (Wildman–Crippen LogP) is 1.58. The van der Waals surface area contributed by atoms with E-state index in [0.29, 0.717) is 38.1 Å². The van der Waals surface area contributed by atoms with Crippen LogP contribution in [0.4, 0.5) is 5.69 Å². The van der Waals surface area contributed by atoms with E-state index in [1.165, 1.54) is 0 Å². The SMILES string of the molecule is COCCOCCCOc1nc2ccc(N)cc2[nH]1. The Morgan fingerprint density at radius 3 is 2.95 bits per heavy atom. The summed E-state index contributed by atoms with van der Waals surface area (Å²) in [5.74, 6) is 0. The van der Waals surface area contributed by atoms with Crippen LogP contribution >= 0.6 is 0 Å². The molecule has 0 fully saturated rings. The zero-order valence-electron chi connectivity index (χ0n) is 11.0. The summed E-state index contributed by atoms with van der Waals surface area (Å²) in [7, 11) is 1.65. The number of nitrogens with two attached hydrogens (primary N) is 1. The van der Waals surface area contributed by atoms with Crippen molar-refractivity contribution < 1.29 is 14.2 Å². The lowest BCUT2D eigenvalue weighted by atomic mass is 10.3. The standard InChI is InChI=1S/C13H19N3O3/c1-17-7-8-18-5-2-6-19-13-15-11-4-3-10(14)9-12(11)16-13/h3-4,9H,2,5-8,14H2,1H3,(H,15,16). The number of hydrogen-bond donors (Lipinski definition) is 2. The van der Waals surface area contributed by atoms with Gasteiger partial charge in [-0.25, -0.2) is 0 Å². The third kappa shape index (κ3) is 4.11. The van der Waals surface area contributed by atoms with E-state index in [4.69, 9.17) is 19.9 Å². The smallest absolute Gasteiger partial charge is 0.294 e. The van der Waals surface area contributed by atoms with E-state index in [1.807, 2.05) is 18.2 Å². The second kappa shape index (κ2) is 6.96. The van der Waals surface area contributed by atoms with Gasteiger partial charge < -0.3 is 24.9 Å². The van der Waals surface area contributed by atoms with Gasteiger partial charge in [-0.15, -0.1) is 0 Å². The summed E-state index contributed by atoms with van der Waals surface area (Å²) in [6.45, 7) is 2.44. The Morgan fingerprint density at radius 1 is 1.21 bits per heavy atom. The molecule has 0 spiro atoms. The molecule has 0 aliphatic carbocycles. The molecule has 0 aliphatic rings. The molecule has 1 heterocycles. The number of methoxy groups -OCH3 is 1. The van der Waals surface area contributed by atoms with Crippen LogP contribution in [0.1, 0.15) is 6.42 Å². The molecule has 6 nitrogen and oxygen atoms in total. The van der Waals surface area contributed by atoms with Gasteiger partial charge in [0.15, 0.2) is 0 Å². The summed E-state index contributed by atoms with van der Waals surface area (Å²) in [6.07, 6.45) is 0.808. The highest BCUT2D eigenvalue weighted by molar-refractivity contribution is 5.79. The van der Waals surface area contributed by atoms with Gasteiger partial charge >= 0.3 is 0 Å². The van der Waals surface area contributed by atoms with Gasteiger partial charge in [-0.3, -0.25) is 0 Å². The zero-order valence-corrected chi connectivity index (χ0v) is 11.0. The van der Waals surface area contributed by atoms with E-state index < -0.39 is 0 Å². The van der Waals surface area contributed by atoms with Crippen LogP contribution < -0.4 is 10.5 Å². The third-order valence-electron chi connectivity index (χ3n) is 2.59. The Labute approximate surface area is 111 Å². The number of fused-ring (bicyclic) bond motifs is 1. The summed E-state index contributed by atoms with van der Waals surface area (Å²) in [5, 5.41) is 0. The quantitative estimate of drug-likeness (QED) is 0.559. The average Bonchev–Trinajstić information content (AvgIpc) is 2.79. The van der Waals surface area contributed by atoms with Crippen molar-refractivity contribution >= 4 is 16.7 Å². The fourth-order valence-electron chi connectivity index (χ4n) is 1.65. The third-order valence-corrected chi connectivity index (χ3v) is 2.59. The number of nitrogens with one attached hydrogen (secondary N) is 1. The van der Waals surface area contributed by atoms with Gasteiger partial charge in [-0.2, -0.15) is 4.98 Å².